The highest BCUT2D eigenvalue weighted by Gasteiger charge is 2.05. The Bertz CT molecular complexity index is 927. The summed E-state index contributed by atoms with van der Waals surface area (Å²) in [7, 11) is 0. The van der Waals surface area contributed by atoms with Crippen molar-refractivity contribution in [1.29, 1.82) is 0 Å². The third-order valence-electron chi connectivity index (χ3n) is 4.25. The van der Waals surface area contributed by atoms with E-state index in [0.29, 0.717) is 16.7 Å². The standard InChI is InChI=1S/C24H20F2/c1-2-3-4-18-5-7-19(8-6-18)9-10-20-11-16-23(24(26)17-20)21-12-14-22(25)15-13-21/h5-8,11-17H,2-4H2,1H3. The van der Waals surface area contributed by atoms with Crippen LogP contribution in [-0.4, -0.2) is 0 Å². The van der Waals surface area contributed by atoms with Gasteiger partial charge in [0, 0.05) is 16.7 Å². The predicted octanol–water partition coefficient (Wildman–Crippen LogP) is 6.37. The largest absolute Gasteiger partial charge is 0.207 e. The minimum Gasteiger partial charge on any atom is -0.207 e. The van der Waals surface area contributed by atoms with Gasteiger partial charge in [0.05, 0.1) is 0 Å². The van der Waals surface area contributed by atoms with Crippen molar-refractivity contribution in [3.05, 3.63) is 95.1 Å². The minimum absolute atomic E-state index is 0.336. The van der Waals surface area contributed by atoms with Crippen molar-refractivity contribution in [1.82, 2.24) is 0 Å². The van der Waals surface area contributed by atoms with Crippen LogP contribution < -0.4 is 0 Å². The summed E-state index contributed by atoms with van der Waals surface area (Å²) in [5, 5.41) is 0. The third-order valence-corrected chi connectivity index (χ3v) is 4.25. The molecular formula is C24H20F2. The Morgan fingerprint density at radius 1 is 0.769 bits per heavy atom. The first-order chi connectivity index (χ1) is 12.7. The Labute approximate surface area is 153 Å². The van der Waals surface area contributed by atoms with Crippen LogP contribution >= 0.6 is 0 Å². The topological polar surface area (TPSA) is 0 Å². The summed E-state index contributed by atoms with van der Waals surface area (Å²) in [4.78, 5) is 0. The molecule has 0 fully saturated rings. The smallest absolute Gasteiger partial charge is 0.132 e. The van der Waals surface area contributed by atoms with E-state index >= 15 is 0 Å². The number of benzene rings is 3. The quantitative estimate of drug-likeness (QED) is 0.481. The molecule has 0 unspecified atom stereocenters. The van der Waals surface area contributed by atoms with Crippen LogP contribution in [-0.2, 0) is 6.42 Å². The van der Waals surface area contributed by atoms with Crippen molar-refractivity contribution in [2.45, 2.75) is 26.2 Å². The summed E-state index contributed by atoms with van der Waals surface area (Å²) < 4.78 is 27.4. The molecule has 26 heavy (non-hydrogen) atoms. The molecule has 0 aliphatic carbocycles. The van der Waals surface area contributed by atoms with E-state index in [2.05, 4.69) is 30.9 Å². The van der Waals surface area contributed by atoms with E-state index in [4.69, 9.17) is 0 Å². The number of rotatable bonds is 4. The SMILES string of the molecule is CCCCc1ccc(C#Cc2ccc(-c3ccc(F)cc3)c(F)c2)cc1. The summed E-state index contributed by atoms with van der Waals surface area (Å²) >= 11 is 0. The van der Waals surface area contributed by atoms with Crippen molar-refractivity contribution in [3.63, 3.8) is 0 Å². The van der Waals surface area contributed by atoms with Crippen LogP contribution in [0.4, 0.5) is 8.78 Å². The normalized spacial score (nSPS) is 10.3. The van der Waals surface area contributed by atoms with Crippen molar-refractivity contribution < 1.29 is 8.78 Å². The molecule has 0 aliphatic rings. The zero-order chi connectivity index (χ0) is 18.4. The van der Waals surface area contributed by atoms with Crippen LogP contribution in [0.15, 0.2) is 66.7 Å². The summed E-state index contributed by atoms with van der Waals surface area (Å²) in [6, 6.07) is 18.9. The molecule has 0 heterocycles. The highest BCUT2D eigenvalue weighted by molar-refractivity contribution is 5.65. The van der Waals surface area contributed by atoms with Gasteiger partial charge in [0.25, 0.3) is 0 Å². The monoisotopic (exact) mass is 346 g/mol. The fourth-order valence-electron chi connectivity index (χ4n) is 2.74. The highest BCUT2D eigenvalue weighted by Crippen LogP contribution is 2.23. The molecule has 0 saturated carbocycles. The highest BCUT2D eigenvalue weighted by atomic mass is 19.1. The van der Waals surface area contributed by atoms with E-state index in [1.807, 2.05) is 12.1 Å². The van der Waals surface area contributed by atoms with Crippen LogP contribution in [0.5, 0.6) is 0 Å². The molecule has 0 spiro atoms. The van der Waals surface area contributed by atoms with E-state index in [1.54, 1.807) is 24.3 Å². The van der Waals surface area contributed by atoms with Gasteiger partial charge in [-0.15, -0.1) is 0 Å². The Morgan fingerprint density at radius 2 is 1.42 bits per heavy atom. The summed E-state index contributed by atoms with van der Waals surface area (Å²) in [6.07, 6.45) is 3.45. The number of hydrogen-bond donors (Lipinski definition) is 0. The second-order valence-electron chi connectivity index (χ2n) is 6.25. The minimum atomic E-state index is -0.363. The van der Waals surface area contributed by atoms with Crippen molar-refractivity contribution in [2.75, 3.05) is 0 Å². The van der Waals surface area contributed by atoms with Crippen LogP contribution in [0.3, 0.4) is 0 Å². The van der Waals surface area contributed by atoms with Crippen LogP contribution in [0.25, 0.3) is 11.1 Å². The zero-order valence-corrected chi connectivity index (χ0v) is 14.7. The predicted molar refractivity (Wildman–Crippen MR) is 103 cm³/mol. The zero-order valence-electron chi connectivity index (χ0n) is 14.7. The van der Waals surface area contributed by atoms with Gasteiger partial charge in [0.1, 0.15) is 11.6 Å². The number of halogens is 2. The lowest BCUT2D eigenvalue weighted by atomic mass is 10.0. The summed E-state index contributed by atoms with van der Waals surface area (Å²) in [6.45, 7) is 2.18. The Hall–Kier alpha value is -2.92. The summed E-state index contributed by atoms with van der Waals surface area (Å²) in [5.41, 5.74) is 3.92. The van der Waals surface area contributed by atoms with E-state index in [-0.39, 0.29) is 11.6 Å². The van der Waals surface area contributed by atoms with Crippen LogP contribution in [0, 0.1) is 23.5 Å². The first kappa shape index (κ1) is 17.9. The van der Waals surface area contributed by atoms with Gasteiger partial charge >= 0.3 is 0 Å². The van der Waals surface area contributed by atoms with Gasteiger partial charge in [-0.05, 0) is 60.4 Å². The maximum absolute atomic E-state index is 14.4. The molecule has 0 aliphatic heterocycles. The molecule has 0 nitrogen and oxygen atoms in total. The maximum atomic E-state index is 14.4. The van der Waals surface area contributed by atoms with Crippen LogP contribution in [0.1, 0.15) is 36.5 Å². The van der Waals surface area contributed by atoms with Crippen molar-refractivity contribution >= 4 is 0 Å². The Morgan fingerprint density at radius 3 is 2.08 bits per heavy atom. The molecule has 130 valence electrons. The molecule has 0 radical (unpaired) electrons. The number of hydrogen-bond acceptors (Lipinski definition) is 0. The first-order valence-corrected chi connectivity index (χ1v) is 8.82. The number of aryl methyl sites for hydroxylation is 1. The van der Waals surface area contributed by atoms with Gasteiger partial charge in [-0.2, -0.15) is 0 Å². The molecule has 0 atom stereocenters. The molecule has 3 aromatic rings. The van der Waals surface area contributed by atoms with Gasteiger partial charge < -0.3 is 0 Å². The fraction of sp³-hybridized carbons (Fsp3) is 0.167. The third kappa shape index (κ3) is 4.58. The average Bonchev–Trinajstić information content (AvgIpc) is 2.66. The van der Waals surface area contributed by atoms with Gasteiger partial charge in [-0.3, -0.25) is 0 Å². The Balaban J connectivity index is 1.76. The first-order valence-electron chi connectivity index (χ1n) is 8.82. The maximum Gasteiger partial charge on any atom is 0.132 e. The molecular weight excluding hydrogens is 326 g/mol. The van der Waals surface area contributed by atoms with Crippen molar-refractivity contribution in [3.8, 4) is 23.0 Å². The molecule has 2 heteroatoms. The molecule has 0 aromatic heterocycles. The van der Waals surface area contributed by atoms with Gasteiger partial charge in [0.2, 0.25) is 0 Å². The molecule has 0 bridgehead atoms. The van der Waals surface area contributed by atoms with E-state index in [9.17, 15) is 8.78 Å². The van der Waals surface area contributed by atoms with E-state index in [1.165, 1.54) is 36.6 Å². The van der Waals surface area contributed by atoms with E-state index in [0.717, 1.165) is 12.0 Å². The molecule has 3 aromatic carbocycles. The lowest BCUT2D eigenvalue weighted by Crippen LogP contribution is -1.87. The molecule has 0 saturated heterocycles. The second kappa shape index (κ2) is 8.45. The van der Waals surface area contributed by atoms with Gasteiger partial charge in [-0.25, -0.2) is 8.78 Å². The second-order valence-corrected chi connectivity index (χ2v) is 6.25. The average molecular weight is 346 g/mol. The van der Waals surface area contributed by atoms with E-state index < -0.39 is 0 Å². The van der Waals surface area contributed by atoms with Crippen LogP contribution in [0.2, 0.25) is 0 Å². The van der Waals surface area contributed by atoms with Crippen molar-refractivity contribution in [2.24, 2.45) is 0 Å². The number of unbranched alkanes of at least 4 members (excludes halogenated alkanes) is 1. The fourth-order valence-corrected chi connectivity index (χ4v) is 2.74. The lowest BCUT2D eigenvalue weighted by Gasteiger charge is -2.04. The molecule has 0 amide bonds. The lowest BCUT2D eigenvalue weighted by molar-refractivity contribution is 0.625. The van der Waals surface area contributed by atoms with Gasteiger partial charge in [0.15, 0.2) is 0 Å². The molecule has 3 rings (SSSR count). The molecule has 0 N–H and O–H groups in total. The Kier molecular flexibility index (Phi) is 5.81. The summed E-state index contributed by atoms with van der Waals surface area (Å²) in [5.74, 6) is 5.38. The van der Waals surface area contributed by atoms with Gasteiger partial charge in [-0.1, -0.05) is 55.5 Å².